The summed E-state index contributed by atoms with van der Waals surface area (Å²) in [5.74, 6) is 0.339. The summed E-state index contributed by atoms with van der Waals surface area (Å²) in [6, 6.07) is 13.0. The fraction of sp³-hybridized carbons (Fsp3) is 0.391. The molecule has 1 aliphatic rings. The second kappa shape index (κ2) is 8.66. The minimum Gasteiger partial charge on any atom is -0.460 e. The van der Waals surface area contributed by atoms with Gasteiger partial charge in [0.1, 0.15) is 17.1 Å². The summed E-state index contributed by atoms with van der Waals surface area (Å²) in [6.45, 7) is 8.27. The Bertz CT molecular complexity index is 883. The van der Waals surface area contributed by atoms with E-state index in [1.807, 2.05) is 18.2 Å². The monoisotopic (exact) mass is 397 g/mol. The Morgan fingerprint density at radius 2 is 1.83 bits per heavy atom. The molecule has 0 saturated heterocycles. The van der Waals surface area contributed by atoms with Crippen LogP contribution in [0.1, 0.15) is 45.2 Å². The fourth-order valence-corrected chi connectivity index (χ4v) is 2.99. The maximum atomic E-state index is 12.4. The quantitative estimate of drug-likeness (QED) is 0.708. The van der Waals surface area contributed by atoms with Gasteiger partial charge in [0.2, 0.25) is 5.91 Å². The van der Waals surface area contributed by atoms with Gasteiger partial charge in [-0.25, -0.2) is 0 Å². The molecule has 6 nitrogen and oxygen atoms in total. The summed E-state index contributed by atoms with van der Waals surface area (Å²) in [7, 11) is 0. The number of benzene rings is 2. The number of carbonyl (C=O) groups excluding carboxylic acids is 2. The summed E-state index contributed by atoms with van der Waals surface area (Å²) >= 11 is 0. The van der Waals surface area contributed by atoms with Crippen LogP contribution in [-0.4, -0.2) is 17.5 Å². The molecule has 1 atom stereocenters. The van der Waals surface area contributed by atoms with Crippen LogP contribution in [0.15, 0.2) is 42.5 Å². The first kappa shape index (κ1) is 20.9. The van der Waals surface area contributed by atoms with Crippen molar-refractivity contribution < 1.29 is 23.8 Å². The van der Waals surface area contributed by atoms with E-state index in [0.29, 0.717) is 24.7 Å². The number of nitrogens with one attached hydrogen (secondary N) is 1. The van der Waals surface area contributed by atoms with Crippen LogP contribution in [0.2, 0.25) is 0 Å². The Kier molecular flexibility index (Phi) is 6.23. The molecule has 1 aliphatic heterocycles. The van der Waals surface area contributed by atoms with Crippen LogP contribution in [0, 0.1) is 5.92 Å². The Hall–Kier alpha value is -2.86. The lowest BCUT2D eigenvalue weighted by molar-refractivity contribution is -0.156. The number of ether oxygens (including phenoxy) is 3. The third-order valence-corrected chi connectivity index (χ3v) is 4.42. The summed E-state index contributed by atoms with van der Waals surface area (Å²) < 4.78 is 16.7. The minimum absolute atomic E-state index is 0.0332. The van der Waals surface area contributed by atoms with Gasteiger partial charge in [-0.15, -0.1) is 0 Å². The lowest BCUT2D eigenvalue weighted by Gasteiger charge is -2.20. The van der Waals surface area contributed by atoms with Crippen molar-refractivity contribution in [3.63, 3.8) is 0 Å². The fourth-order valence-electron chi connectivity index (χ4n) is 2.99. The third-order valence-electron chi connectivity index (χ3n) is 4.42. The van der Waals surface area contributed by atoms with Gasteiger partial charge in [-0.2, -0.15) is 0 Å². The highest BCUT2D eigenvalue weighted by atomic mass is 16.6. The van der Waals surface area contributed by atoms with Crippen molar-refractivity contribution >= 4 is 17.6 Å². The van der Waals surface area contributed by atoms with Crippen LogP contribution in [0.3, 0.4) is 0 Å². The molecule has 154 valence electrons. The number of anilines is 1. The predicted molar refractivity (Wildman–Crippen MR) is 110 cm³/mol. The zero-order chi connectivity index (χ0) is 21.0. The first-order valence-electron chi connectivity index (χ1n) is 9.70. The minimum atomic E-state index is -0.561. The molecule has 0 aliphatic carbocycles. The van der Waals surface area contributed by atoms with Crippen LogP contribution in [0.25, 0.3) is 0 Å². The maximum Gasteiger partial charge on any atom is 0.307 e. The summed E-state index contributed by atoms with van der Waals surface area (Å²) in [5, 5.41) is 2.82. The van der Waals surface area contributed by atoms with Gasteiger partial charge < -0.3 is 19.5 Å². The van der Waals surface area contributed by atoms with Crippen molar-refractivity contribution in [2.45, 2.75) is 52.9 Å². The molecule has 0 fully saturated rings. The van der Waals surface area contributed by atoms with Gasteiger partial charge in [-0.05, 0) is 56.7 Å². The number of esters is 1. The molecular weight excluding hydrogens is 370 g/mol. The normalized spacial score (nSPS) is 14.1. The molecular formula is C23H27NO5. The van der Waals surface area contributed by atoms with E-state index >= 15 is 0 Å². The standard InChI is InChI=1S/C23H27NO5/c1-15(12-21(25)29-23(2,3)4)22(26)24-17-8-10-18(11-9-17)28-20-7-5-6-16-13-27-14-19(16)20/h5-11,15H,12-14H2,1-4H3,(H,24,26)/t15-/m0/s1. The number of hydrogen-bond acceptors (Lipinski definition) is 5. The molecule has 0 spiro atoms. The summed E-state index contributed by atoms with van der Waals surface area (Å²) in [5.41, 5.74) is 2.29. The predicted octanol–water partition coefficient (Wildman–Crippen LogP) is 4.82. The van der Waals surface area contributed by atoms with Crippen molar-refractivity contribution in [3.8, 4) is 11.5 Å². The smallest absolute Gasteiger partial charge is 0.307 e. The Balaban J connectivity index is 1.56. The van der Waals surface area contributed by atoms with Crippen molar-refractivity contribution in [3.05, 3.63) is 53.6 Å². The molecule has 1 amide bonds. The molecule has 2 aromatic carbocycles. The van der Waals surface area contributed by atoms with Gasteiger partial charge in [-0.3, -0.25) is 9.59 Å². The topological polar surface area (TPSA) is 73.9 Å². The Labute approximate surface area is 171 Å². The zero-order valence-electron chi connectivity index (χ0n) is 17.3. The first-order valence-corrected chi connectivity index (χ1v) is 9.70. The molecule has 1 N–H and O–H groups in total. The van der Waals surface area contributed by atoms with E-state index in [1.54, 1.807) is 52.0 Å². The molecule has 0 aromatic heterocycles. The second-order valence-corrected chi connectivity index (χ2v) is 8.19. The lowest BCUT2D eigenvalue weighted by Crippen LogP contribution is -2.28. The maximum absolute atomic E-state index is 12.4. The van der Waals surface area contributed by atoms with E-state index in [9.17, 15) is 9.59 Å². The number of hydrogen-bond donors (Lipinski definition) is 1. The molecule has 0 radical (unpaired) electrons. The van der Waals surface area contributed by atoms with Crippen molar-refractivity contribution in [2.75, 3.05) is 5.32 Å². The van der Waals surface area contributed by atoms with Crippen molar-refractivity contribution in [1.82, 2.24) is 0 Å². The number of carbonyl (C=O) groups is 2. The first-order chi connectivity index (χ1) is 13.7. The number of rotatable bonds is 6. The Morgan fingerprint density at radius 3 is 2.52 bits per heavy atom. The highest BCUT2D eigenvalue weighted by Gasteiger charge is 2.22. The Morgan fingerprint density at radius 1 is 1.10 bits per heavy atom. The van der Waals surface area contributed by atoms with Gasteiger partial charge in [0.05, 0.1) is 19.6 Å². The molecule has 0 bridgehead atoms. The number of amides is 1. The van der Waals surface area contributed by atoms with E-state index in [4.69, 9.17) is 14.2 Å². The van der Waals surface area contributed by atoms with Gasteiger partial charge in [0.25, 0.3) is 0 Å². The van der Waals surface area contributed by atoms with Gasteiger partial charge in [0.15, 0.2) is 0 Å². The van der Waals surface area contributed by atoms with E-state index in [-0.39, 0.29) is 18.3 Å². The molecule has 2 aromatic rings. The average molecular weight is 397 g/mol. The van der Waals surface area contributed by atoms with Crippen LogP contribution in [-0.2, 0) is 32.3 Å². The summed E-state index contributed by atoms with van der Waals surface area (Å²) in [6.07, 6.45) is 0.0332. The van der Waals surface area contributed by atoms with E-state index < -0.39 is 11.5 Å². The third kappa shape index (κ3) is 5.81. The molecule has 1 heterocycles. The lowest BCUT2D eigenvalue weighted by atomic mass is 10.1. The van der Waals surface area contributed by atoms with Gasteiger partial charge in [0, 0.05) is 17.2 Å². The van der Waals surface area contributed by atoms with Crippen LogP contribution >= 0.6 is 0 Å². The van der Waals surface area contributed by atoms with Gasteiger partial charge in [-0.1, -0.05) is 19.1 Å². The largest absolute Gasteiger partial charge is 0.460 e. The SMILES string of the molecule is C[C@@H](CC(=O)OC(C)(C)C)C(=O)Nc1ccc(Oc2cccc3c2COC3)cc1. The van der Waals surface area contributed by atoms with Crippen LogP contribution < -0.4 is 10.1 Å². The van der Waals surface area contributed by atoms with E-state index in [1.165, 1.54) is 0 Å². The van der Waals surface area contributed by atoms with E-state index in [2.05, 4.69) is 5.32 Å². The van der Waals surface area contributed by atoms with Gasteiger partial charge >= 0.3 is 5.97 Å². The molecule has 0 unspecified atom stereocenters. The summed E-state index contributed by atoms with van der Waals surface area (Å²) in [4.78, 5) is 24.3. The molecule has 0 saturated carbocycles. The average Bonchev–Trinajstić information content (AvgIpc) is 3.11. The zero-order valence-corrected chi connectivity index (χ0v) is 17.3. The molecule has 29 heavy (non-hydrogen) atoms. The number of fused-ring (bicyclic) bond motifs is 1. The van der Waals surface area contributed by atoms with Crippen LogP contribution in [0.4, 0.5) is 5.69 Å². The molecule has 6 heteroatoms. The van der Waals surface area contributed by atoms with Crippen molar-refractivity contribution in [1.29, 1.82) is 0 Å². The second-order valence-electron chi connectivity index (χ2n) is 8.19. The molecule has 3 rings (SSSR count). The highest BCUT2D eigenvalue weighted by molar-refractivity contribution is 5.94. The van der Waals surface area contributed by atoms with Crippen LogP contribution in [0.5, 0.6) is 11.5 Å². The van der Waals surface area contributed by atoms with E-state index in [0.717, 1.165) is 16.9 Å². The highest BCUT2D eigenvalue weighted by Crippen LogP contribution is 2.32. The van der Waals surface area contributed by atoms with Crippen molar-refractivity contribution in [2.24, 2.45) is 5.92 Å².